The number of hydrogen-bond donors (Lipinski definition) is 1. The Kier molecular flexibility index (Phi) is 5.01. The van der Waals surface area contributed by atoms with Crippen molar-refractivity contribution in [3.8, 4) is 0 Å². The standard InChI is InChI=1S/C10H16ClNO2/c1-3-12-9(7-13-4-2)8-5-6-14-10(8)11/h5-6,9,12H,3-4,7H2,1-2H3. The van der Waals surface area contributed by atoms with Crippen molar-refractivity contribution in [1.29, 1.82) is 0 Å². The number of furan rings is 1. The van der Waals surface area contributed by atoms with Crippen molar-refractivity contribution in [1.82, 2.24) is 5.32 Å². The van der Waals surface area contributed by atoms with E-state index in [0.717, 1.165) is 12.1 Å². The molecule has 0 aliphatic carbocycles. The molecule has 1 N–H and O–H groups in total. The summed E-state index contributed by atoms with van der Waals surface area (Å²) in [6, 6.07) is 1.99. The molecule has 80 valence electrons. The van der Waals surface area contributed by atoms with Gasteiger partial charge in [-0.3, -0.25) is 0 Å². The summed E-state index contributed by atoms with van der Waals surface area (Å²) in [5, 5.41) is 3.73. The van der Waals surface area contributed by atoms with Crippen LogP contribution in [0.4, 0.5) is 0 Å². The molecule has 0 aliphatic heterocycles. The lowest BCUT2D eigenvalue weighted by Crippen LogP contribution is -2.25. The average molecular weight is 218 g/mol. The van der Waals surface area contributed by atoms with E-state index >= 15 is 0 Å². The molecule has 1 atom stereocenters. The summed E-state index contributed by atoms with van der Waals surface area (Å²) in [6.07, 6.45) is 1.59. The molecule has 0 fully saturated rings. The van der Waals surface area contributed by atoms with Gasteiger partial charge in [0.05, 0.1) is 18.9 Å². The van der Waals surface area contributed by atoms with Gasteiger partial charge in [0.15, 0.2) is 5.22 Å². The molecule has 1 rings (SSSR count). The zero-order chi connectivity index (χ0) is 10.4. The molecular formula is C10H16ClNO2. The first-order valence-electron chi connectivity index (χ1n) is 4.83. The third-order valence-corrected chi connectivity index (χ3v) is 2.27. The van der Waals surface area contributed by atoms with E-state index in [2.05, 4.69) is 5.32 Å². The van der Waals surface area contributed by atoms with Gasteiger partial charge >= 0.3 is 0 Å². The van der Waals surface area contributed by atoms with E-state index in [-0.39, 0.29) is 6.04 Å². The SMILES string of the molecule is CCNC(COCC)c1ccoc1Cl. The van der Waals surface area contributed by atoms with Gasteiger partial charge in [0, 0.05) is 12.2 Å². The fraction of sp³-hybridized carbons (Fsp3) is 0.600. The van der Waals surface area contributed by atoms with Crippen LogP contribution in [0.3, 0.4) is 0 Å². The van der Waals surface area contributed by atoms with E-state index in [1.807, 2.05) is 19.9 Å². The van der Waals surface area contributed by atoms with Crippen LogP contribution in [0.1, 0.15) is 25.5 Å². The molecule has 0 spiro atoms. The molecule has 14 heavy (non-hydrogen) atoms. The van der Waals surface area contributed by atoms with Gasteiger partial charge in [-0.1, -0.05) is 6.92 Å². The highest BCUT2D eigenvalue weighted by Gasteiger charge is 2.15. The molecule has 0 bridgehead atoms. The van der Waals surface area contributed by atoms with Gasteiger partial charge in [-0.25, -0.2) is 0 Å². The second kappa shape index (κ2) is 6.06. The van der Waals surface area contributed by atoms with Crippen LogP contribution in [0.25, 0.3) is 0 Å². The fourth-order valence-electron chi connectivity index (χ4n) is 1.29. The van der Waals surface area contributed by atoms with Gasteiger partial charge < -0.3 is 14.5 Å². The number of rotatable bonds is 6. The maximum Gasteiger partial charge on any atom is 0.197 e. The molecule has 1 aromatic heterocycles. The van der Waals surface area contributed by atoms with Crippen molar-refractivity contribution >= 4 is 11.6 Å². The maximum absolute atomic E-state index is 5.89. The lowest BCUT2D eigenvalue weighted by atomic mass is 10.1. The first-order valence-corrected chi connectivity index (χ1v) is 5.21. The molecule has 0 amide bonds. The highest BCUT2D eigenvalue weighted by atomic mass is 35.5. The minimum absolute atomic E-state index is 0.117. The number of hydrogen-bond acceptors (Lipinski definition) is 3. The number of ether oxygens (including phenoxy) is 1. The summed E-state index contributed by atoms with van der Waals surface area (Å²) < 4.78 is 10.4. The maximum atomic E-state index is 5.89. The Morgan fingerprint density at radius 2 is 2.36 bits per heavy atom. The zero-order valence-electron chi connectivity index (χ0n) is 8.55. The Hall–Kier alpha value is -0.510. The number of nitrogens with one attached hydrogen (secondary N) is 1. The molecule has 0 aliphatic rings. The van der Waals surface area contributed by atoms with Crippen molar-refractivity contribution in [2.24, 2.45) is 0 Å². The molecule has 1 heterocycles. The molecule has 1 unspecified atom stereocenters. The second-order valence-electron chi connectivity index (χ2n) is 2.92. The van der Waals surface area contributed by atoms with Crippen LogP contribution in [0.5, 0.6) is 0 Å². The van der Waals surface area contributed by atoms with E-state index in [0.29, 0.717) is 18.4 Å². The van der Waals surface area contributed by atoms with Gasteiger partial charge in [-0.15, -0.1) is 0 Å². The van der Waals surface area contributed by atoms with E-state index in [1.165, 1.54) is 0 Å². The molecule has 0 aromatic carbocycles. The van der Waals surface area contributed by atoms with E-state index in [9.17, 15) is 0 Å². The van der Waals surface area contributed by atoms with Gasteiger partial charge in [-0.05, 0) is 31.1 Å². The monoisotopic (exact) mass is 217 g/mol. The highest BCUT2D eigenvalue weighted by Crippen LogP contribution is 2.24. The van der Waals surface area contributed by atoms with Crippen LogP contribution < -0.4 is 5.32 Å². The lowest BCUT2D eigenvalue weighted by Gasteiger charge is -2.16. The summed E-state index contributed by atoms with van der Waals surface area (Å²) >= 11 is 5.89. The predicted octanol–water partition coefficient (Wildman–Crippen LogP) is 2.62. The first kappa shape index (κ1) is 11.6. The normalized spacial score (nSPS) is 13.1. The summed E-state index contributed by atoms with van der Waals surface area (Å²) in [5.41, 5.74) is 0.960. The minimum Gasteiger partial charge on any atom is -0.453 e. The molecule has 1 aromatic rings. The topological polar surface area (TPSA) is 34.4 Å². The third kappa shape index (κ3) is 3.01. The van der Waals surface area contributed by atoms with Gasteiger partial charge in [0.2, 0.25) is 0 Å². The van der Waals surface area contributed by atoms with Crippen LogP contribution in [0.2, 0.25) is 5.22 Å². The number of likely N-dealkylation sites (N-methyl/N-ethyl adjacent to an activating group) is 1. The van der Waals surface area contributed by atoms with Gasteiger partial charge in [0.1, 0.15) is 0 Å². The first-order chi connectivity index (χ1) is 6.79. The fourth-order valence-corrected chi connectivity index (χ4v) is 1.54. The Morgan fingerprint density at radius 1 is 1.57 bits per heavy atom. The second-order valence-corrected chi connectivity index (χ2v) is 3.26. The molecule has 0 saturated carbocycles. The highest BCUT2D eigenvalue weighted by molar-refractivity contribution is 6.29. The van der Waals surface area contributed by atoms with Crippen LogP contribution in [0, 0.1) is 0 Å². The Labute approximate surface area is 89.4 Å². The molecular weight excluding hydrogens is 202 g/mol. The molecule has 3 nitrogen and oxygen atoms in total. The van der Waals surface area contributed by atoms with Crippen LogP contribution in [-0.4, -0.2) is 19.8 Å². The van der Waals surface area contributed by atoms with Gasteiger partial charge in [-0.2, -0.15) is 0 Å². The van der Waals surface area contributed by atoms with Gasteiger partial charge in [0.25, 0.3) is 0 Å². The van der Waals surface area contributed by atoms with Crippen molar-refractivity contribution in [3.05, 3.63) is 23.1 Å². The average Bonchev–Trinajstić information content (AvgIpc) is 2.59. The van der Waals surface area contributed by atoms with Crippen LogP contribution in [0.15, 0.2) is 16.7 Å². The quantitative estimate of drug-likeness (QED) is 0.796. The van der Waals surface area contributed by atoms with Crippen molar-refractivity contribution in [2.75, 3.05) is 19.8 Å². The largest absolute Gasteiger partial charge is 0.453 e. The van der Waals surface area contributed by atoms with Crippen molar-refractivity contribution in [3.63, 3.8) is 0 Å². The van der Waals surface area contributed by atoms with E-state index in [4.69, 9.17) is 20.8 Å². The van der Waals surface area contributed by atoms with Crippen molar-refractivity contribution in [2.45, 2.75) is 19.9 Å². The smallest absolute Gasteiger partial charge is 0.197 e. The summed E-state index contributed by atoms with van der Waals surface area (Å²) in [4.78, 5) is 0. The summed E-state index contributed by atoms with van der Waals surface area (Å²) in [6.45, 7) is 6.22. The number of halogens is 1. The Morgan fingerprint density at radius 3 is 2.86 bits per heavy atom. The minimum atomic E-state index is 0.117. The molecule has 0 saturated heterocycles. The lowest BCUT2D eigenvalue weighted by molar-refractivity contribution is 0.123. The van der Waals surface area contributed by atoms with E-state index in [1.54, 1.807) is 6.26 Å². The summed E-state index contributed by atoms with van der Waals surface area (Å²) in [7, 11) is 0. The Balaban J connectivity index is 2.62. The predicted molar refractivity (Wildman–Crippen MR) is 56.6 cm³/mol. The summed E-state index contributed by atoms with van der Waals surface area (Å²) in [5.74, 6) is 0. The van der Waals surface area contributed by atoms with Crippen LogP contribution >= 0.6 is 11.6 Å². The zero-order valence-corrected chi connectivity index (χ0v) is 9.30. The Bertz CT molecular complexity index is 262. The van der Waals surface area contributed by atoms with E-state index < -0.39 is 0 Å². The van der Waals surface area contributed by atoms with Crippen LogP contribution in [-0.2, 0) is 4.74 Å². The molecule has 4 heteroatoms. The third-order valence-electron chi connectivity index (χ3n) is 1.96. The van der Waals surface area contributed by atoms with Crippen molar-refractivity contribution < 1.29 is 9.15 Å². The molecule has 0 radical (unpaired) electrons.